The van der Waals surface area contributed by atoms with Crippen molar-refractivity contribution in [2.45, 2.75) is 19.4 Å². The van der Waals surface area contributed by atoms with Gasteiger partial charge in [0.1, 0.15) is 12.1 Å². The molecular weight excluding hydrogens is 298 g/mol. The zero-order valence-electron chi connectivity index (χ0n) is 12.5. The van der Waals surface area contributed by atoms with E-state index in [-0.39, 0.29) is 23.9 Å². The van der Waals surface area contributed by atoms with Crippen LogP contribution in [-0.2, 0) is 16.1 Å². The molecule has 2 N–H and O–H groups in total. The smallest absolute Gasteiger partial charge is 0.278 e. The average molecular weight is 315 g/mol. The Morgan fingerprint density at radius 3 is 2.87 bits per heavy atom. The first-order valence-electron chi connectivity index (χ1n) is 7.46. The fourth-order valence-electron chi connectivity index (χ4n) is 2.79. The number of benzene rings is 1. The van der Waals surface area contributed by atoms with Crippen molar-refractivity contribution in [3.05, 3.63) is 34.6 Å². The van der Waals surface area contributed by atoms with Crippen molar-refractivity contribution < 1.29 is 9.59 Å². The zero-order valence-corrected chi connectivity index (χ0v) is 12.5. The first kappa shape index (κ1) is 15.1. The molecule has 1 fully saturated rings. The standard InChI is InChI=1S/C15H17N5O3/c16-14(22)10-4-3-7-19(8-10)13(21)9-20-15(23)11-5-1-2-6-12(11)17-18-20/h1-2,5-6,10H,3-4,7-9H2,(H2,16,22). The van der Waals surface area contributed by atoms with Crippen LogP contribution in [0.1, 0.15) is 12.8 Å². The molecule has 1 aliphatic heterocycles. The molecule has 1 aliphatic rings. The van der Waals surface area contributed by atoms with Crippen molar-refractivity contribution in [2.24, 2.45) is 11.7 Å². The first-order chi connectivity index (χ1) is 11.1. The molecule has 0 spiro atoms. The number of piperidine rings is 1. The maximum Gasteiger partial charge on any atom is 0.278 e. The summed E-state index contributed by atoms with van der Waals surface area (Å²) in [4.78, 5) is 37.6. The second-order valence-electron chi connectivity index (χ2n) is 5.65. The zero-order chi connectivity index (χ0) is 16.4. The highest BCUT2D eigenvalue weighted by Gasteiger charge is 2.27. The van der Waals surface area contributed by atoms with Gasteiger partial charge in [0.2, 0.25) is 11.8 Å². The van der Waals surface area contributed by atoms with E-state index >= 15 is 0 Å². The van der Waals surface area contributed by atoms with E-state index in [0.29, 0.717) is 30.4 Å². The Kier molecular flexibility index (Phi) is 4.05. The minimum Gasteiger partial charge on any atom is -0.369 e. The number of rotatable bonds is 3. The van der Waals surface area contributed by atoms with Gasteiger partial charge in [-0.2, -0.15) is 0 Å². The highest BCUT2D eigenvalue weighted by atomic mass is 16.2. The number of likely N-dealkylation sites (tertiary alicyclic amines) is 1. The Balaban J connectivity index is 1.79. The van der Waals surface area contributed by atoms with Gasteiger partial charge in [0.25, 0.3) is 5.56 Å². The van der Waals surface area contributed by atoms with Crippen LogP contribution in [0, 0.1) is 5.92 Å². The van der Waals surface area contributed by atoms with Gasteiger partial charge in [-0.3, -0.25) is 14.4 Å². The third-order valence-corrected chi connectivity index (χ3v) is 4.09. The van der Waals surface area contributed by atoms with Crippen LogP contribution in [0.25, 0.3) is 10.9 Å². The molecule has 23 heavy (non-hydrogen) atoms. The number of aromatic nitrogens is 3. The molecule has 0 bridgehead atoms. The van der Waals surface area contributed by atoms with Crippen LogP contribution in [-0.4, -0.2) is 44.8 Å². The normalized spacial score (nSPS) is 18.1. The molecule has 0 radical (unpaired) electrons. The summed E-state index contributed by atoms with van der Waals surface area (Å²) < 4.78 is 1.05. The van der Waals surface area contributed by atoms with E-state index in [0.717, 1.165) is 11.1 Å². The van der Waals surface area contributed by atoms with Gasteiger partial charge in [0.05, 0.1) is 11.3 Å². The highest BCUT2D eigenvalue weighted by molar-refractivity contribution is 5.80. The van der Waals surface area contributed by atoms with Crippen LogP contribution in [0.2, 0.25) is 0 Å². The largest absolute Gasteiger partial charge is 0.369 e. The molecule has 1 atom stereocenters. The minimum atomic E-state index is -0.398. The van der Waals surface area contributed by atoms with E-state index in [9.17, 15) is 14.4 Å². The molecule has 0 saturated carbocycles. The van der Waals surface area contributed by atoms with E-state index in [1.807, 2.05) is 0 Å². The molecule has 1 saturated heterocycles. The fraction of sp³-hybridized carbons (Fsp3) is 0.400. The van der Waals surface area contributed by atoms with Gasteiger partial charge in [-0.05, 0) is 25.0 Å². The average Bonchev–Trinajstić information content (AvgIpc) is 2.57. The van der Waals surface area contributed by atoms with Crippen molar-refractivity contribution in [2.75, 3.05) is 13.1 Å². The maximum atomic E-state index is 12.4. The van der Waals surface area contributed by atoms with E-state index in [1.165, 1.54) is 0 Å². The number of hydrogen-bond donors (Lipinski definition) is 1. The summed E-state index contributed by atoms with van der Waals surface area (Å²) in [7, 11) is 0. The van der Waals surface area contributed by atoms with E-state index < -0.39 is 5.91 Å². The van der Waals surface area contributed by atoms with Gasteiger partial charge >= 0.3 is 0 Å². The van der Waals surface area contributed by atoms with Crippen molar-refractivity contribution >= 4 is 22.7 Å². The van der Waals surface area contributed by atoms with Gasteiger partial charge in [-0.1, -0.05) is 17.3 Å². The van der Waals surface area contributed by atoms with Crippen molar-refractivity contribution in [1.29, 1.82) is 0 Å². The Labute approximate surface area is 131 Å². The molecule has 1 aromatic heterocycles. The van der Waals surface area contributed by atoms with Crippen LogP contribution < -0.4 is 11.3 Å². The predicted molar refractivity (Wildman–Crippen MR) is 82.3 cm³/mol. The molecular formula is C15H17N5O3. The molecule has 120 valence electrons. The number of nitrogens with zero attached hydrogens (tertiary/aromatic N) is 4. The highest BCUT2D eigenvalue weighted by Crippen LogP contribution is 2.16. The maximum absolute atomic E-state index is 12.4. The molecule has 0 aliphatic carbocycles. The molecule has 1 aromatic carbocycles. The predicted octanol–water partition coefficient (Wildman–Crippen LogP) is -0.485. The van der Waals surface area contributed by atoms with Crippen LogP contribution >= 0.6 is 0 Å². The molecule has 8 heteroatoms. The monoisotopic (exact) mass is 315 g/mol. The number of primary amides is 1. The SMILES string of the molecule is NC(=O)C1CCCN(C(=O)Cn2nnc3ccccc3c2=O)C1. The van der Waals surface area contributed by atoms with Crippen molar-refractivity contribution in [3.63, 3.8) is 0 Å². The summed E-state index contributed by atoms with van der Waals surface area (Å²) in [6.07, 6.45) is 1.41. The molecule has 2 heterocycles. The van der Waals surface area contributed by atoms with Gasteiger partial charge in [-0.25, -0.2) is 4.68 Å². The lowest BCUT2D eigenvalue weighted by Gasteiger charge is -2.31. The lowest BCUT2D eigenvalue weighted by molar-refractivity contribution is -0.135. The summed E-state index contributed by atoms with van der Waals surface area (Å²) in [5.41, 5.74) is 5.45. The molecule has 3 rings (SSSR count). The quantitative estimate of drug-likeness (QED) is 0.822. The number of fused-ring (bicyclic) bond motifs is 1. The summed E-state index contributed by atoms with van der Waals surface area (Å²) in [5, 5.41) is 8.18. The van der Waals surface area contributed by atoms with Gasteiger partial charge in [-0.15, -0.1) is 5.10 Å². The van der Waals surface area contributed by atoms with Crippen molar-refractivity contribution in [3.8, 4) is 0 Å². The molecule has 1 unspecified atom stereocenters. The number of hydrogen-bond acceptors (Lipinski definition) is 5. The number of amides is 2. The third-order valence-electron chi connectivity index (χ3n) is 4.09. The van der Waals surface area contributed by atoms with Gasteiger partial charge < -0.3 is 10.6 Å². The summed E-state index contributed by atoms with van der Waals surface area (Å²) >= 11 is 0. The lowest BCUT2D eigenvalue weighted by atomic mass is 9.97. The summed E-state index contributed by atoms with van der Waals surface area (Å²) in [6.45, 7) is 0.657. The Morgan fingerprint density at radius 2 is 2.09 bits per heavy atom. The van der Waals surface area contributed by atoms with E-state index in [1.54, 1.807) is 29.2 Å². The third kappa shape index (κ3) is 3.05. The minimum absolute atomic E-state index is 0.192. The van der Waals surface area contributed by atoms with E-state index in [4.69, 9.17) is 5.73 Å². The van der Waals surface area contributed by atoms with E-state index in [2.05, 4.69) is 10.3 Å². The summed E-state index contributed by atoms with van der Waals surface area (Å²) in [5.74, 6) is -0.986. The van der Waals surface area contributed by atoms with Gasteiger partial charge in [0, 0.05) is 13.1 Å². The molecule has 2 aromatic rings. The Morgan fingerprint density at radius 1 is 1.30 bits per heavy atom. The molecule has 8 nitrogen and oxygen atoms in total. The Hall–Kier alpha value is -2.77. The summed E-state index contributed by atoms with van der Waals surface area (Å²) in [6, 6.07) is 6.85. The van der Waals surface area contributed by atoms with Crippen LogP contribution in [0.5, 0.6) is 0 Å². The Bertz CT molecular complexity index is 816. The number of carbonyl (C=O) groups is 2. The second kappa shape index (κ2) is 6.15. The van der Waals surface area contributed by atoms with Crippen LogP contribution in [0.3, 0.4) is 0 Å². The second-order valence-corrected chi connectivity index (χ2v) is 5.65. The number of nitrogens with two attached hydrogens (primary N) is 1. The van der Waals surface area contributed by atoms with Gasteiger partial charge in [0.15, 0.2) is 0 Å². The van der Waals surface area contributed by atoms with Crippen LogP contribution in [0.4, 0.5) is 0 Å². The van der Waals surface area contributed by atoms with Crippen LogP contribution in [0.15, 0.2) is 29.1 Å². The first-order valence-corrected chi connectivity index (χ1v) is 7.46. The molecule has 2 amide bonds. The number of carbonyl (C=O) groups excluding carboxylic acids is 2. The topological polar surface area (TPSA) is 111 Å². The lowest BCUT2D eigenvalue weighted by Crippen LogP contribution is -2.46. The fourth-order valence-corrected chi connectivity index (χ4v) is 2.79. The van der Waals surface area contributed by atoms with Crippen molar-refractivity contribution in [1.82, 2.24) is 19.9 Å².